The second kappa shape index (κ2) is 9.53. The summed E-state index contributed by atoms with van der Waals surface area (Å²) in [4.78, 5) is 0. The first-order valence-corrected chi connectivity index (χ1v) is 6.48. The van der Waals surface area contributed by atoms with Crippen LogP contribution in [-0.4, -0.2) is 19.0 Å². The fraction of sp³-hybridized carbons (Fsp3) is 0.750. The van der Waals surface area contributed by atoms with Gasteiger partial charge in [-0.2, -0.15) is 0 Å². The van der Waals surface area contributed by atoms with E-state index in [1.54, 1.807) is 11.8 Å². The van der Waals surface area contributed by atoms with Gasteiger partial charge >= 0.3 is 0 Å². The van der Waals surface area contributed by atoms with Crippen molar-refractivity contribution in [2.24, 2.45) is 0 Å². The van der Waals surface area contributed by atoms with Crippen molar-refractivity contribution in [3.05, 3.63) is 11.2 Å². The van der Waals surface area contributed by atoms with Crippen molar-refractivity contribution in [3.63, 3.8) is 0 Å². The molecule has 0 unspecified atom stereocenters. The third-order valence-electron chi connectivity index (χ3n) is 0.958. The van der Waals surface area contributed by atoms with E-state index in [0.29, 0.717) is 13.2 Å². The monoisotopic (exact) mass is 208 g/mol. The minimum Gasteiger partial charge on any atom is -0.331 e. The van der Waals surface area contributed by atoms with Crippen LogP contribution in [0, 0.1) is 0 Å². The standard InChI is InChI=1S/C8H17O2PS/c1-4-9-11(10-5-2)7-8-12-6-3/h7-8H,4-6H2,1-3H3/b8-7+. The van der Waals surface area contributed by atoms with Gasteiger partial charge in [0.2, 0.25) is 0 Å². The molecule has 0 atom stereocenters. The molecular formula is C8H17O2PS. The van der Waals surface area contributed by atoms with E-state index in [2.05, 4.69) is 12.3 Å². The molecule has 4 heteroatoms. The van der Waals surface area contributed by atoms with Crippen LogP contribution in [0.2, 0.25) is 0 Å². The van der Waals surface area contributed by atoms with Crippen molar-refractivity contribution in [2.45, 2.75) is 20.8 Å². The van der Waals surface area contributed by atoms with Gasteiger partial charge in [0.25, 0.3) is 0 Å². The van der Waals surface area contributed by atoms with Gasteiger partial charge in [-0.25, -0.2) is 0 Å². The van der Waals surface area contributed by atoms with Gasteiger partial charge in [-0.1, -0.05) is 6.92 Å². The van der Waals surface area contributed by atoms with Crippen LogP contribution in [0.4, 0.5) is 0 Å². The molecule has 0 rings (SSSR count). The van der Waals surface area contributed by atoms with Crippen LogP contribution in [0.1, 0.15) is 20.8 Å². The van der Waals surface area contributed by atoms with Crippen LogP contribution in [-0.2, 0) is 9.05 Å². The molecule has 0 amide bonds. The smallest absolute Gasteiger partial charge is 0.197 e. The predicted molar refractivity (Wildman–Crippen MR) is 57.4 cm³/mol. The number of rotatable bonds is 7. The van der Waals surface area contributed by atoms with Crippen molar-refractivity contribution in [1.82, 2.24) is 0 Å². The lowest BCUT2D eigenvalue weighted by Gasteiger charge is -2.10. The molecule has 0 aromatic carbocycles. The normalized spacial score (nSPS) is 11.7. The quantitative estimate of drug-likeness (QED) is 0.595. The van der Waals surface area contributed by atoms with E-state index in [9.17, 15) is 0 Å². The Balaban J connectivity index is 3.60. The molecule has 0 aliphatic rings. The average molecular weight is 208 g/mol. The Bertz CT molecular complexity index is 114. The molecule has 0 aliphatic carbocycles. The van der Waals surface area contributed by atoms with Gasteiger partial charge in [0, 0.05) is 0 Å². The molecular weight excluding hydrogens is 191 g/mol. The molecule has 0 N–H and O–H groups in total. The van der Waals surface area contributed by atoms with Crippen LogP contribution in [0.25, 0.3) is 0 Å². The van der Waals surface area contributed by atoms with Gasteiger partial charge in [-0.15, -0.1) is 11.8 Å². The summed E-state index contributed by atoms with van der Waals surface area (Å²) < 4.78 is 10.7. The minimum atomic E-state index is -0.774. The summed E-state index contributed by atoms with van der Waals surface area (Å²) in [6, 6.07) is 0. The highest BCUT2D eigenvalue weighted by Gasteiger charge is 2.02. The molecule has 0 heterocycles. The summed E-state index contributed by atoms with van der Waals surface area (Å²) >= 11 is 1.76. The molecule has 0 radical (unpaired) electrons. The Hall–Kier alpha value is 0.440. The molecule has 0 aromatic heterocycles. The van der Waals surface area contributed by atoms with Crippen LogP contribution < -0.4 is 0 Å². The average Bonchev–Trinajstić information content (AvgIpc) is 2.06. The summed E-state index contributed by atoms with van der Waals surface area (Å²) in [5.41, 5.74) is 0. The zero-order chi connectivity index (χ0) is 9.23. The van der Waals surface area contributed by atoms with Gasteiger partial charge in [-0.05, 0) is 30.8 Å². The topological polar surface area (TPSA) is 18.5 Å². The van der Waals surface area contributed by atoms with Gasteiger partial charge in [0.15, 0.2) is 8.38 Å². The van der Waals surface area contributed by atoms with Crippen molar-refractivity contribution < 1.29 is 9.05 Å². The Labute approximate surface area is 80.6 Å². The molecule has 2 nitrogen and oxygen atoms in total. The lowest BCUT2D eigenvalue weighted by Crippen LogP contribution is -1.87. The first-order chi connectivity index (χ1) is 5.85. The zero-order valence-electron chi connectivity index (χ0n) is 7.95. The van der Waals surface area contributed by atoms with Gasteiger partial charge < -0.3 is 9.05 Å². The minimum absolute atomic E-state index is 0.715. The second-order valence-electron chi connectivity index (χ2n) is 1.86. The second-order valence-corrected chi connectivity index (χ2v) is 4.43. The Morgan fingerprint density at radius 1 is 1.17 bits per heavy atom. The van der Waals surface area contributed by atoms with Crippen LogP contribution in [0.15, 0.2) is 11.2 Å². The summed E-state index contributed by atoms with van der Waals surface area (Å²) in [5, 5.41) is 2.05. The van der Waals surface area contributed by atoms with E-state index < -0.39 is 8.38 Å². The highest BCUT2D eigenvalue weighted by molar-refractivity contribution is 8.02. The number of thioether (sulfide) groups is 1. The van der Waals surface area contributed by atoms with Crippen LogP contribution in [0.3, 0.4) is 0 Å². The Kier molecular flexibility index (Phi) is 9.88. The maximum Gasteiger partial charge on any atom is 0.197 e. The first kappa shape index (κ1) is 12.4. The molecule has 0 bridgehead atoms. The van der Waals surface area contributed by atoms with E-state index in [1.165, 1.54) is 0 Å². The van der Waals surface area contributed by atoms with Crippen LogP contribution >= 0.6 is 20.1 Å². The van der Waals surface area contributed by atoms with E-state index in [1.807, 2.05) is 19.7 Å². The summed E-state index contributed by atoms with van der Waals surface area (Å²) in [6.07, 6.45) is 0. The van der Waals surface area contributed by atoms with E-state index in [4.69, 9.17) is 9.05 Å². The maximum atomic E-state index is 5.37. The van der Waals surface area contributed by atoms with Gasteiger partial charge in [-0.3, -0.25) is 0 Å². The number of hydrogen-bond donors (Lipinski definition) is 0. The lowest BCUT2D eigenvalue weighted by atomic mass is 10.9. The zero-order valence-corrected chi connectivity index (χ0v) is 9.66. The molecule has 72 valence electrons. The van der Waals surface area contributed by atoms with E-state index in [-0.39, 0.29) is 0 Å². The van der Waals surface area contributed by atoms with Crippen LogP contribution in [0.5, 0.6) is 0 Å². The summed E-state index contributed by atoms with van der Waals surface area (Å²) in [5.74, 6) is 3.11. The van der Waals surface area contributed by atoms with E-state index >= 15 is 0 Å². The highest BCUT2D eigenvalue weighted by atomic mass is 32.2. The summed E-state index contributed by atoms with van der Waals surface area (Å²) in [7, 11) is -0.774. The van der Waals surface area contributed by atoms with Gasteiger partial charge in [0.05, 0.1) is 13.2 Å². The molecule has 0 saturated heterocycles. The fourth-order valence-corrected chi connectivity index (χ4v) is 2.26. The van der Waals surface area contributed by atoms with Crippen molar-refractivity contribution >= 4 is 20.1 Å². The van der Waals surface area contributed by atoms with Gasteiger partial charge in [0.1, 0.15) is 0 Å². The molecule has 0 aliphatic heterocycles. The van der Waals surface area contributed by atoms with Crippen molar-refractivity contribution in [3.8, 4) is 0 Å². The summed E-state index contributed by atoms with van der Waals surface area (Å²) in [6.45, 7) is 7.52. The molecule has 12 heavy (non-hydrogen) atoms. The third-order valence-corrected chi connectivity index (χ3v) is 3.24. The molecule has 0 saturated carbocycles. The molecule has 0 spiro atoms. The van der Waals surface area contributed by atoms with Crippen molar-refractivity contribution in [2.75, 3.05) is 19.0 Å². The largest absolute Gasteiger partial charge is 0.331 e. The first-order valence-electron chi connectivity index (χ1n) is 4.18. The SMILES string of the molecule is CCOP(/C=C/SCC)OCC. The Morgan fingerprint density at radius 2 is 1.75 bits per heavy atom. The molecule has 0 aromatic rings. The number of hydrogen-bond acceptors (Lipinski definition) is 3. The Morgan fingerprint density at radius 3 is 2.17 bits per heavy atom. The molecule has 0 fully saturated rings. The maximum absolute atomic E-state index is 5.37. The van der Waals surface area contributed by atoms with Crippen molar-refractivity contribution in [1.29, 1.82) is 0 Å². The fourth-order valence-electron chi connectivity index (χ4n) is 0.567. The van der Waals surface area contributed by atoms with E-state index in [0.717, 1.165) is 5.75 Å². The lowest BCUT2D eigenvalue weighted by molar-refractivity contribution is 0.276. The highest BCUT2D eigenvalue weighted by Crippen LogP contribution is 2.40. The predicted octanol–water partition coefficient (Wildman–Crippen LogP) is 3.60. The third kappa shape index (κ3) is 7.11.